The highest BCUT2D eigenvalue weighted by atomic mass is 32.2. The van der Waals surface area contributed by atoms with Crippen LogP contribution in [0, 0.1) is 0 Å². The van der Waals surface area contributed by atoms with Crippen molar-refractivity contribution in [1.29, 1.82) is 0 Å². The first-order valence-electron chi connectivity index (χ1n) is 11.3. The number of hydrogen-bond acceptors (Lipinski definition) is 7. The lowest BCUT2D eigenvalue weighted by Crippen LogP contribution is -2.40. The van der Waals surface area contributed by atoms with E-state index in [0.29, 0.717) is 24.5 Å². The zero-order valence-electron chi connectivity index (χ0n) is 19.8. The zero-order chi connectivity index (χ0) is 26.6. The van der Waals surface area contributed by atoms with Crippen molar-refractivity contribution in [2.24, 2.45) is 4.99 Å². The second-order valence-corrected chi connectivity index (χ2v) is 10.8. The molecular formula is C24H24F3N3O5S2. The molecule has 0 spiro atoms. The highest BCUT2D eigenvalue weighted by Gasteiger charge is 2.30. The Morgan fingerprint density at radius 1 is 1.14 bits per heavy atom. The Hall–Kier alpha value is -3.00. The van der Waals surface area contributed by atoms with Crippen LogP contribution >= 0.6 is 11.3 Å². The van der Waals surface area contributed by atoms with E-state index in [1.807, 2.05) is 0 Å². The number of aromatic nitrogens is 1. The number of thiazole rings is 1. The van der Waals surface area contributed by atoms with Crippen LogP contribution in [0.25, 0.3) is 11.3 Å². The maximum Gasteiger partial charge on any atom is 0.416 e. The molecule has 0 radical (unpaired) electrons. The Morgan fingerprint density at radius 3 is 2.49 bits per heavy atom. The average molecular weight is 556 g/mol. The summed E-state index contributed by atoms with van der Waals surface area (Å²) in [5.74, 6) is -0.542. The van der Waals surface area contributed by atoms with Crippen LogP contribution in [-0.2, 0) is 37.0 Å². The number of halogens is 3. The lowest BCUT2D eigenvalue weighted by molar-refractivity contribution is -0.143. The van der Waals surface area contributed by atoms with Gasteiger partial charge in [-0.05, 0) is 42.8 Å². The molecule has 1 saturated heterocycles. The monoisotopic (exact) mass is 555 g/mol. The quantitative estimate of drug-likeness (QED) is 0.411. The van der Waals surface area contributed by atoms with Gasteiger partial charge in [0, 0.05) is 18.5 Å². The number of ether oxygens (including phenoxy) is 2. The number of carbonyl (C=O) groups is 1. The van der Waals surface area contributed by atoms with Gasteiger partial charge in [0.05, 0.1) is 41.7 Å². The van der Waals surface area contributed by atoms with Gasteiger partial charge in [-0.1, -0.05) is 18.2 Å². The molecule has 1 aromatic heterocycles. The summed E-state index contributed by atoms with van der Waals surface area (Å²) < 4.78 is 78.5. The number of sulfonamides is 1. The maximum absolute atomic E-state index is 13.1. The molecule has 0 bridgehead atoms. The smallest absolute Gasteiger partial charge is 0.416 e. The van der Waals surface area contributed by atoms with Crippen molar-refractivity contribution >= 4 is 33.0 Å². The Labute approximate surface area is 215 Å². The number of hydrogen-bond donors (Lipinski definition) is 0. The molecule has 0 saturated carbocycles. The van der Waals surface area contributed by atoms with E-state index in [0.717, 1.165) is 23.5 Å². The van der Waals surface area contributed by atoms with Gasteiger partial charge in [0.2, 0.25) is 10.0 Å². The van der Waals surface area contributed by atoms with Crippen molar-refractivity contribution in [1.82, 2.24) is 8.87 Å². The summed E-state index contributed by atoms with van der Waals surface area (Å²) in [6.07, 6.45) is -4.52. The fourth-order valence-electron chi connectivity index (χ4n) is 3.73. The van der Waals surface area contributed by atoms with E-state index < -0.39 is 27.7 Å². The van der Waals surface area contributed by atoms with Crippen molar-refractivity contribution < 1.29 is 35.9 Å². The van der Waals surface area contributed by atoms with E-state index in [9.17, 15) is 26.4 Å². The second-order valence-electron chi connectivity index (χ2n) is 8.00. The molecule has 0 unspecified atom stereocenters. The van der Waals surface area contributed by atoms with Crippen LogP contribution in [0.2, 0.25) is 0 Å². The summed E-state index contributed by atoms with van der Waals surface area (Å²) >= 11 is 1.14. The minimum Gasteiger partial charge on any atom is -0.465 e. The fourth-order valence-corrected chi connectivity index (χ4v) is 6.07. The number of rotatable bonds is 7. The Balaban J connectivity index is 1.72. The molecule has 13 heteroatoms. The van der Waals surface area contributed by atoms with Crippen LogP contribution in [0.5, 0.6) is 0 Å². The molecule has 198 valence electrons. The van der Waals surface area contributed by atoms with E-state index in [-0.39, 0.29) is 41.6 Å². The molecule has 2 aromatic carbocycles. The third kappa shape index (κ3) is 6.29. The maximum atomic E-state index is 13.1. The van der Waals surface area contributed by atoms with Crippen LogP contribution in [-0.4, -0.2) is 56.2 Å². The molecule has 1 aliphatic rings. The lowest BCUT2D eigenvalue weighted by atomic mass is 10.2. The molecule has 2 heterocycles. The predicted molar refractivity (Wildman–Crippen MR) is 131 cm³/mol. The highest BCUT2D eigenvalue weighted by Crippen LogP contribution is 2.31. The van der Waals surface area contributed by atoms with Gasteiger partial charge in [-0.15, -0.1) is 11.3 Å². The second kappa shape index (κ2) is 11.2. The predicted octanol–water partition coefficient (Wildman–Crippen LogP) is 4.05. The molecular weight excluding hydrogens is 531 g/mol. The van der Waals surface area contributed by atoms with Gasteiger partial charge >= 0.3 is 12.1 Å². The molecule has 0 aliphatic carbocycles. The summed E-state index contributed by atoms with van der Waals surface area (Å²) in [5, 5.41) is 1.71. The van der Waals surface area contributed by atoms with Crippen LogP contribution < -0.4 is 4.80 Å². The van der Waals surface area contributed by atoms with E-state index >= 15 is 0 Å². The van der Waals surface area contributed by atoms with Crippen molar-refractivity contribution in [3.63, 3.8) is 0 Å². The van der Waals surface area contributed by atoms with Gasteiger partial charge in [-0.3, -0.25) is 4.79 Å². The van der Waals surface area contributed by atoms with Crippen molar-refractivity contribution in [2.45, 2.75) is 24.5 Å². The molecule has 1 aliphatic heterocycles. The summed E-state index contributed by atoms with van der Waals surface area (Å²) in [6, 6.07) is 10.8. The van der Waals surface area contributed by atoms with E-state index in [1.165, 1.54) is 33.1 Å². The number of morpholine rings is 1. The number of carbonyl (C=O) groups excluding carboxylic acids is 1. The van der Waals surface area contributed by atoms with E-state index in [2.05, 4.69) is 4.99 Å². The first kappa shape index (κ1) is 27.0. The van der Waals surface area contributed by atoms with Crippen LogP contribution in [0.3, 0.4) is 0 Å². The summed E-state index contributed by atoms with van der Waals surface area (Å²) in [7, 11) is -3.68. The molecule has 1 fully saturated rings. The molecule has 8 nitrogen and oxygen atoms in total. The SMILES string of the molecule is CCOC(=O)Cn1c(-c2ccc(S(=O)(=O)N3CCOCC3)cc2)csc1=Nc1cccc(C(F)(F)F)c1. The van der Waals surface area contributed by atoms with E-state index in [1.54, 1.807) is 24.4 Å². The zero-order valence-corrected chi connectivity index (χ0v) is 21.4. The van der Waals surface area contributed by atoms with Gasteiger partial charge < -0.3 is 14.0 Å². The highest BCUT2D eigenvalue weighted by molar-refractivity contribution is 7.89. The van der Waals surface area contributed by atoms with Crippen LogP contribution in [0.15, 0.2) is 63.8 Å². The lowest BCUT2D eigenvalue weighted by Gasteiger charge is -2.26. The van der Waals surface area contributed by atoms with Crippen molar-refractivity contribution in [3.05, 3.63) is 64.3 Å². The van der Waals surface area contributed by atoms with E-state index in [4.69, 9.17) is 9.47 Å². The topological polar surface area (TPSA) is 90.2 Å². The molecule has 3 aromatic rings. The molecule has 0 N–H and O–H groups in total. The third-order valence-electron chi connectivity index (χ3n) is 5.55. The normalized spacial score (nSPS) is 15.6. The minimum atomic E-state index is -4.52. The molecule has 37 heavy (non-hydrogen) atoms. The Morgan fingerprint density at radius 2 is 1.84 bits per heavy atom. The van der Waals surface area contributed by atoms with Gasteiger partial charge in [0.15, 0.2) is 4.80 Å². The molecule has 0 atom stereocenters. The van der Waals surface area contributed by atoms with Crippen molar-refractivity contribution in [3.8, 4) is 11.3 Å². The first-order valence-corrected chi connectivity index (χ1v) is 13.7. The van der Waals surface area contributed by atoms with Gasteiger partial charge in [0.25, 0.3) is 0 Å². The number of alkyl halides is 3. The van der Waals surface area contributed by atoms with Crippen LogP contribution in [0.1, 0.15) is 12.5 Å². The van der Waals surface area contributed by atoms with Crippen LogP contribution in [0.4, 0.5) is 18.9 Å². The average Bonchev–Trinajstić information content (AvgIpc) is 3.26. The number of esters is 1. The number of benzene rings is 2. The van der Waals surface area contributed by atoms with Crippen molar-refractivity contribution in [2.75, 3.05) is 32.9 Å². The minimum absolute atomic E-state index is 0.0767. The summed E-state index contributed by atoms with van der Waals surface area (Å²) in [5.41, 5.74) is 0.387. The Kier molecular flexibility index (Phi) is 8.17. The fraction of sp³-hybridized carbons (Fsp3) is 0.333. The summed E-state index contributed by atoms with van der Waals surface area (Å²) in [6.45, 7) is 2.81. The largest absolute Gasteiger partial charge is 0.465 e. The first-order chi connectivity index (χ1) is 17.6. The third-order valence-corrected chi connectivity index (χ3v) is 8.32. The van der Waals surface area contributed by atoms with Gasteiger partial charge in [-0.2, -0.15) is 17.5 Å². The Bertz CT molecular complexity index is 1420. The standard InChI is InChI=1S/C24H24F3N3O5S2/c1-2-35-22(31)15-30-21(16-36-23(30)28-19-5-3-4-18(14-19)24(25,26)27)17-6-8-20(9-7-17)37(32,33)29-10-12-34-13-11-29/h3-9,14,16H,2,10-13,15H2,1H3. The molecule has 0 amide bonds. The van der Waals surface area contributed by atoms with Gasteiger partial charge in [-0.25, -0.2) is 13.4 Å². The number of nitrogens with zero attached hydrogens (tertiary/aromatic N) is 3. The summed E-state index contributed by atoms with van der Waals surface area (Å²) in [4.78, 5) is 17.1. The molecule has 4 rings (SSSR count). The van der Waals surface area contributed by atoms with Gasteiger partial charge in [0.1, 0.15) is 6.54 Å².